The molecule has 0 aliphatic carbocycles. The smallest absolute Gasteiger partial charge is 0.359 e. The summed E-state index contributed by atoms with van der Waals surface area (Å²) < 4.78 is 0.481. The molecule has 0 amide bonds. The molecule has 0 heterocycles. The van der Waals surface area contributed by atoms with Crippen molar-refractivity contribution >= 4 is 11.9 Å². The molecular weight excluding hydrogens is 186 g/mol. The van der Waals surface area contributed by atoms with E-state index in [0.717, 1.165) is 6.42 Å². The van der Waals surface area contributed by atoms with Crippen LogP contribution in [0, 0.1) is 0 Å². The second-order valence-corrected chi connectivity index (χ2v) is 3.99. The second-order valence-electron chi connectivity index (χ2n) is 3.99. The molecule has 0 aromatic rings. The van der Waals surface area contributed by atoms with Gasteiger partial charge in [0.2, 0.25) is 0 Å². The first kappa shape index (κ1) is 15.4. The van der Waals surface area contributed by atoms with Gasteiger partial charge in [0, 0.05) is 6.42 Å². The van der Waals surface area contributed by atoms with Crippen LogP contribution in [0.3, 0.4) is 0 Å². The number of carbonyl (C=O) groups is 2. The Balaban J connectivity index is 0. The van der Waals surface area contributed by atoms with Gasteiger partial charge in [-0.05, 0) is 6.42 Å². The molecule has 5 heteroatoms. The molecule has 0 aliphatic heterocycles. The fourth-order valence-electron chi connectivity index (χ4n) is 0.620. The highest BCUT2D eigenvalue weighted by molar-refractivity contribution is 5.67. The van der Waals surface area contributed by atoms with Crippen molar-refractivity contribution in [3.05, 3.63) is 0 Å². The molecule has 84 valence electrons. The van der Waals surface area contributed by atoms with Crippen LogP contribution in [0.4, 0.5) is 0 Å². The number of rotatable bonds is 4. The van der Waals surface area contributed by atoms with Crippen molar-refractivity contribution in [3.63, 3.8) is 0 Å². The summed E-state index contributed by atoms with van der Waals surface area (Å²) in [5, 5.41) is 16.1. The Kier molecular flexibility index (Phi) is 8.04. The lowest BCUT2D eigenvalue weighted by molar-refractivity contribution is -0.862. The van der Waals surface area contributed by atoms with Crippen LogP contribution in [0.5, 0.6) is 0 Å². The zero-order valence-corrected chi connectivity index (χ0v) is 9.28. The van der Waals surface area contributed by atoms with Crippen molar-refractivity contribution in [1.29, 1.82) is 0 Å². The number of quaternary nitrogens is 1. The summed E-state index contributed by atoms with van der Waals surface area (Å²) in [6, 6.07) is 0. The van der Waals surface area contributed by atoms with Crippen molar-refractivity contribution in [2.75, 3.05) is 27.7 Å². The maximum absolute atomic E-state index is 10.00. The van der Waals surface area contributed by atoms with Gasteiger partial charge in [0.05, 0.1) is 21.1 Å². The van der Waals surface area contributed by atoms with Gasteiger partial charge in [0.25, 0.3) is 0 Å². The molecule has 0 aliphatic rings. The summed E-state index contributed by atoms with van der Waals surface area (Å²) in [4.78, 5) is 19.6. The Morgan fingerprint density at radius 1 is 1.07 bits per heavy atom. The normalized spacial score (nSPS) is 10.0. The molecular formula is C9H20NO4+. The molecule has 0 aromatic carbocycles. The number of carboxylic acids is 2. The highest BCUT2D eigenvalue weighted by atomic mass is 16.4. The van der Waals surface area contributed by atoms with Crippen LogP contribution in [0.2, 0.25) is 0 Å². The third-order valence-corrected chi connectivity index (χ3v) is 1.07. The van der Waals surface area contributed by atoms with Gasteiger partial charge in [-0.2, -0.15) is 0 Å². The van der Waals surface area contributed by atoms with Crippen LogP contribution >= 0.6 is 0 Å². The third kappa shape index (κ3) is 22.4. The zero-order valence-electron chi connectivity index (χ0n) is 9.28. The molecule has 0 spiro atoms. The van der Waals surface area contributed by atoms with Crippen molar-refractivity contribution in [2.45, 2.75) is 19.8 Å². The molecule has 0 aromatic heterocycles. The van der Waals surface area contributed by atoms with Gasteiger partial charge in [-0.1, -0.05) is 6.92 Å². The van der Waals surface area contributed by atoms with Gasteiger partial charge in [-0.3, -0.25) is 4.79 Å². The number of nitrogens with zero attached hydrogens (tertiary/aromatic N) is 1. The maximum atomic E-state index is 10.00. The highest BCUT2D eigenvalue weighted by Crippen LogP contribution is 1.86. The molecule has 0 unspecified atom stereocenters. The molecule has 0 radical (unpaired) electrons. The molecule has 14 heavy (non-hydrogen) atoms. The van der Waals surface area contributed by atoms with Crippen LogP contribution in [0.1, 0.15) is 19.8 Å². The van der Waals surface area contributed by atoms with Gasteiger partial charge in [-0.25, -0.2) is 4.79 Å². The minimum Gasteiger partial charge on any atom is -0.481 e. The molecule has 5 nitrogen and oxygen atoms in total. The van der Waals surface area contributed by atoms with Gasteiger partial charge in [0.15, 0.2) is 6.54 Å². The summed E-state index contributed by atoms with van der Waals surface area (Å²) in [5.41, 5.74) is 0. The summed E-state index contributed by atoms with van der Waals surface area (Å²) in [7, 11) is 5.52. The van der Waals surface area contributed by atoms with Crippen LogP contribution in [-0.2, 0) is 9.59 Å². The van der Waals surface area contributed by atoms with Crippen molar-refractivity contribution in [3.8, 4) is 0 Å². The Bertz CT molecular complexity index is 184. The van der Waals surface area contributed by atoms with Gasteiger partial charge < -0.3 is 14.7 Å². The van der Waals surface area contributed by atoms with E-state index in [1.165, 1.54) is 0 Å². The number of likely N-dealkylation sites (N-methyl/N-ethyl adjacent to an activating group) is 1. The second kappa shape index (κ2) is 7.32. The zero-order chi connectivity index (χ0) is 11.8. The average Bonchev–Trinajstić information content (AvgIpc) is 1.80. The summed E-state index contributed by atoms with van der Waals surface area (Å²) in [6.07, 6.45) is 1.02. The monoisotopic (exact) mass is 206 g/mol. The largest absolute Gasteiger partial charge is 0.481 e. The molecule has 0 saturated heterocycles. The van der Waals surface area contributed by atoms with E-state index in [0.29, 0.717) is 10.9 Å². The first-order valence-electron chi connectivity index (χ1n) is 4.43. The van der Waals surface area contributed by atoms with Crippen molar-refractivity contribution in [1.82, 2.24) is 0 Å². The minimum atomic E-state index is -0.752. The fraction of sp³-hybridized carbons (Fsp3) is 0.778. The van der Waals surface area contributed by atoms with Gasteiger partial charge in [0.1, 0.15) is 0 Å². The van der Waals surface area contributed by atoms with E-state index < -0.39 is 11.9 Å². The molecule has 0 bridgehead atoms. The number of hydrogen-bond acceptors (Lipinski definition) is 2. The first-order chi connectivity index (χ1) is 6.19. The van der Waals surface area contributed by atoms with Gasteiger partial charge in [-0.15, -0.1) is 0 Å². The number of hydrogen-bond donors (Lipinski definition) is 2. The maximum Gasteiger partial charge on any atom is 0.359 e. The molecule has 0 rings (SSSR count). The van der Waals surface area contributed by atoms with E-state index in [-0.39, 0.29) is 6.54 Å². The Labute approximate surface area is 84.5 Å². The Hall–Kier alpha value is -1.10. The predicted molar refractivity (Wildman–Crippen MR) is 53.1 cm³/mol. The predicted octanol–water partition coefficient (Wildman–Crippen LogP) is 0.648. The molecule has 0 fully saturated rings. The van der Waals surface area contributed by atoms with Crippen molar-refractivity contribution < 1.29 is 24.3 Å². The van der Waals surface area contributed by atoms with Crippen LogP contribution in [0.15, 0.2) is 0 Å². The highest BCUT2D eigenvalue weighted by Gasteiger charge is 2.11. The lowest BCUT2D eigenvalue weighted by Gasteiger charge is -2.20. The van der Waals surface area contributed by atoms with E-state index >= 15 is 0 Å². The summed E-state index contributed by atoms with van der Waals surface area (Å²) >= 11 is 0. The first-order valence-corrected chi connectivity index (χ1v) is 4.43. The Morgan fingerprint density at radius 3 is 1.50 bits per heavy atom. The third-order valence-electron chi connectivity index (χ3n) is 1.07. The average molecular weight is 206 g/mol. The summed E-state index contributed by atoms with van der Waals surface area (Å²) in [6.45, 7) is 2.02. The van der Waals surface area contributed by atoms with E-state index in [4.69, 9.17) is 10.2 Å². The minimum absolute atomic E-state index is 0.181. The fourth-order valence-corrected chi connectivity index (χ4v) is 0.620. The van der Waals surface area contributed by atoms with Crippen molar-refractivity contribution in [2.24, 2.45) is 0 Å². The van der Waals surface area contributed by atoms with E-state index in [2.05, 4.69) is 0 Å². The lowest BCUT2D eigenvalue weighted by Crippen LogP contribution is -2.39. The standard InChI is InChI=1S/C5H11NO2.C4H8O2/c1-6(2,3)4-5(7)8;1-2-3-4(5)6/h4H2,1-3H3;2-3H2,1H3,(H,5,6)/p+1. The molecule has 2 N–H and O–H groups in total. The molecule has 0 atom stereocenters. The van der Waals surface area contributed by atoms with E-state index in [9.17, 15) is 9.59 Å². The van der Waals surface area contributed by atoms with Crippen LogP contribution < -0.4 is 0 Å². The Morgan fingerprint density at radius 2 is 1.50 bits per heavy atom. The van der Waals surface area contributed by atoms with Crippen LogP contribution in [-0.4, -0.2) is 54.3 Å². The SMILES string of the molecule is CCCC(=O)O.C[N+](C)(C)CC(=O)O. The number of carboxylic acid groups (broad SMARTS) is 2. The summed E-state index contributed by atoms with van der Waals surface area (Å²) in [5.74, 6) is -1.46. The van der Waals surface area contributed by atoms with E-state index in [1.54, 1.807) is 0 Å². The van der Waals surface area contributed by atoms with Crippen LogP contribution in [0.25, 0.3) is 0 Å². The lowest BCUT2D eigenvalue weighted by atomic mass is 10.4. The quantitative estimate of drug-likeness (QED) is 0.662. The van der Waals surface area contributed by atoms with E-state index in [1.807, 2.05) is 28.1 Å². The number of aliphatic carboxylic acids is 2. The molecule has 0 saturated carbocycles. The topological polar surface area (TPSA) is 74.6 Å². The van der Waals surface area contributed by atoms with Gasteiger partial charge >= 0.3 is 11.9 Å².